The van der Waals surface area contributed by atoms with E-state index < -0.39 is 5.91 Å². The predicted molar refractivity (Wildman–Crippen MR) is 70.7 cm³/mol. The molecule has 0 bridgehead atoms. The molecule has 20 heavy (non-hydrogen) atoms. The summed E-state index contributed by atoms with van der Waals surface area (Å²) in [6.07, 6.45) is 3.10. The molecule has 3 rings (SSSR count). The molecule has 0 atom stereocenters. The highest BCUT2D eigenvalue weighted by atomic mass is 16.5. The molecule has 2 aromatic heterocycles. The van der Waals surface area contributed by atoms with Crippen molar-refractivity contribution >= 4 is 11.7 Å². The summed E-state index contributed by atoms with van der Waals surface area (Å²) in [5.74, 6) is 0.344. The molecule has 0 aromatic carbocycles. The molecule has 1 amide bonds. The largest absolute Gasteiger partial charge is 0.378 e. The van der Waals surface area contributed by atoms with Crippen molar-refractivity contribution in [3.63, 3.8) is 0 Å². The number of nitrogens with two attached hydrogens (primary N) is 1. The van der Waals surface area contributed by atoms with Crippen LogP contribution in [0.4, 0.5) is 5.82 Å². The van der Waals surface area contributed by atoms with Crippen LogP contribution in [0.15, 0.2) is 24.7 Å². The van der Waals surface area contributed by atoms with E-state index in [1.165, 1.54) is 10.9 Å². The average Bonchev–Trinajstić information content (AvgIpc) is 2.98. The van der Waals surface area contributed by atoms with Crippen LogP contribution < -0.4 is 10.6 Å². The van der Waals surface area contributed by atoms with E-state index in [2.05, 4.69) is 20.1 Å². The van der Waals surface area contributed by atoms with E-state index >= 15 is 0 Å². The van der Waals surface area contributed by atoms with Gasteiger partial charge in [-0.15, -0.1) is 10.2 Å². The van der Waals surface area contributed by atoms with Crippen LogP contribution in [0.5, 0.6) is 0 Å². The molecule has 2 aromatic rings. The summed E-state index contributed by atoms with van der Waals surface area (Å²) in [6, 6.07) is 3.75. The van der Waals surface area contributed by atoms with Crippen molar-refractivity contribution in [2.75, 3.05) is 31.2 Å². The zero-order chi connectivity index (χ0) is 13.9. The number of ether oxygens (including phenoxy) is 1. The SMILES string of the molecule is NC(=O)c1nncn1-c1ccc(N2CCOCC2)nc1. The van der Waals surface area contributed by atoms with Crippen molar-refractivity contribution in [2.45, 2.75) is 0 Å². The van der Waals surface area contributed by atoms with E-state index in [1.807, 2.05) is 12.1 Å². The highest BCUT2D eigenvalue weighted by Gasteiger charge is 2.14. The lowest BCUT2D eigenvalue weighted by molar-refractivity contribution is 0.0988. The molecule has 2 N–H and O–H groups in total. The second-order valence-corrected chi connectivity index (χ2v) is 4.36. The van der Waals surface area contributed by atoms with E-state index in [4.69, 9.17) is 10.5 Å². The minimum atomic E-state index is -0.625. The molecule has 1 fully saturated rings. The molecule has 0 aliphatic carbocycles. The van der Waals surface area contributed by atoms with Crippen LogP contribution in [0.3, 0.4) is 0 Å². The Balaban J connectivity index is 1.85. The molecule has 3 heterocycles. The van der Waals surface area contributed by atoms with E-state index in [-0.39, 0.29) is 5.82 Å². The number of aromatic nitrogens is 4. The Morgan fingerprint density at radius 1 is 1.30 bits per heavy atom. The van der Waals surface area contributed by atoms with Gasteiger partial charge in [0.1, 0.15) is 12.1 Å². The van der Waals surface area contributed by atoms with Gasteiger partial charge in [0, 0.05) is 13.1 Å². The number of primary amides is 1. The van der Waals surface area contributed by atoms with Crippen molar-refractivity contribution in [3.8, 4) is 5.69 Å². The average molecular weight is 274 g/mol. The van der Waals surface area contributed by atoms with Gasteiger partial charge >= 0.3 is 0 Å². The maximum absolute atomic E-state index is 11.2. The van der Waals surface area contributed by atoms with Gasteiger partial charge in [-0.05, 0) is 12.1 Å². The lowest BCUT2D eigenvalue weighted by Gasteiger charge is -2.27. The number of rotatable bonds is 3. The fourth-order valence-corrected chi connectivity index (χ4v) is 2.09. The normalized spacial score (nSPS) is 15.3. The summed E-state index contributed by atoms with van der Waals surface area (Å²) in [6.45, 7) is 3.07. The second kappa shape index (κ2) is 5.25. The van der Waals surface area contributed by atoms with Gasteiger partial charge in [0.15, 0.2) is 0 Å². The van der Waals surface area contributed by atoms with Crippen LogP contribution in [-0.2, 0) is 4.74 Å². The molecule has 1 aliphatic rings. The van der Waals surface area contributed by atoms with Gasteiger partial charge in [0.25, 0.3) is 5.91 Å². The number of anilines is 1. The zero-order valence-electron chi connectivity index (χ0n) is 10.8. The predicted octanol–water partition coefficient (Wildman–Crippen LogP) is -0.402. The van der Waals surface area contributed by atoms with Crippen molar-refractivity contribution in [2.24, 2.45) is 5.73 Å². The Morgan fingerprint density at radius 3 is 2.75 bits per heavy atom. The van der Waals surface area contributed by atoms with Crippen LogP contribution >= 0.6 is 0 Å². The van der Waals surface area contributed by atoms with Gasteiger partial charge < -0.3 is 15.4 Å². The van der Waals surface area contributed by atoms with Crippen LogP contribution in [0.1, 0.15) is 10.6 Å². The van der Waals surface area contributed by atoms with E-state index in [0.717, 1.165) is 18.9 Å². The van der Waals surface area contributed by atoms with E-state index in [1.54, 1.807) is 6.20 Å². The first kappa shape index (κ1) is 12.5. The summed E-state index contributed by atoms with van der Waals surface area (Å²) >= 11 is 0. The van der Waals surface area contributed by atoms with Gasteiger partial charge in [0.05, 0.1) is 25.1 Å². The fourth-order valence-electron chi connectivity index (χ4n) is 2.09. The molecule has 0 radical (unpaired) electrons. The minimum Gasteiger partial charge on any atom is -0.378 e. The fraction of sp³-hybridized carbons (Fsp3) is 0.333. The van der Waals surface area contributed by atoms with Gasteiger partial charge in [-0.2, -0.15) is 0 Å². The first-order valence-corrected chi connectivity index (χ1v) is 6.24. The van der Waals surface area contributed by atoms with Crippen LogP contribution in [0.25, 0.3) is 5.69 Å². The van der Waals surface area contributed by atoms with Gasteiger partial charge in [-0.25, -0.2) is 4.98 Å². The molecule has 1 saturated heterocycles. The third kappa shape index (κ3) is 2.32. The van der Waals surface area contributed by atoms with Gasteiger partial charge in [-0.1, -0.05) is 0 Å². The molecular formula is C12H14N6O2. The maximum atomic E-state index is 11.2. The van der Waals surface area contributed by atoms with E-state index in [9.17, 15) is 4.79 Å². The molecular weight excluding hydrogens is 260 g/mol. The van der Waals surface area contributed by atoms with Crippen molar-refractivity contribution in [3.05, 3.63) is 30.5 Å². The second-order valence-electron chi connectivity index (χ2n) is 4.36. The molecule has 104 valence electrons. The van der Waals surface area contributed by atoms with Crippen LogP contribution in [0, 0.1) is 0 Å². The highest BCUT2D eigenvalue weighted by molar-refractivity contribution is 5.89. The van der Waals surface area contributed by atoms with Crippen molar-refractivity contribution in [1.29, 1.82) is 0 Å². The number of carbonyl (C=O) groups is 1. The molecule has 1 aliphatic heterocycles. The quantitative estimate of drug-likeness (QED) is 0.817. The van der Waals surface area contributed by atoms with Crippen molar-refractivity contribution < 1.29 is 9.53 Å². The lowest BCUT2D eigenvalue weighted by atomic mass is 10.3. The smallest absolute Gasteiger partial charge is 0.287 e. The Bertz CT molecular complexity index is 603. The number of hydrogen-bond donors (Lipinski definition) is 1. The summed E-state index contributed by atoms with van der Waals surface area (Å²) in [5, 5.41) is 7.38. The summed E-state index contributed by atoms with van der Waals surface area (Å²) in [4.78, 5) is 17.8. The summed E-state index contributed by atoms with van der Waals surface area (Å²) in [7, 11) is 0. The minimum absolute atomic E-state index is 0.0888. The first-order chi connectivity index (χ1) is 9.75. The number of morpholine rings is 1. The highest BCUT2D eigenvalue weighted by Crippen LogP contribution is 2.15. The van der Waals surface area contributed by atoms with Gasteiger partial charge in [0.2, 0.25) is 5.82 Å². The maximum Gasteiger partial charge on any atom is 0.287 e. The monoisotopic (exact) mass is 274 g/mol. The summed E-state index contributed by atoms with van der Waals surface area (Å²) < 4.78 is 6.82. The molecule has 8 heteroatoms. The first-order valence-electron chi connectivity index (χ1n) is 6.24. The number of amides is 1. The Morgan fingerprint density at radius 2 is 2.10 bits per heavy atom. The molecule has 8 nitrogen and oxygen atoms in total. The van der Waals surface area contributed by atoms with Crippen LogP contribution in [0.2, 0.25) is 0 Å². The third-order valence-electron chi connectivity index (χ3n) is 3.11. The van der Waals surface area contributed by atoms with Crippen molar-refractivity contribution in [1.82, 2.24) is 19.7 Å². The molecule has 0 unspecified atom stereocenters. The topological polar surface area (TPSA) is 99.2 Å². The number of nitrogens with zero attached hydrogens (tertiary/aromatic N) is 5. The third-order valence-corrected chi connectivity index (χ3v) is 3.11. The summed E-state index contributed by atoms with van der Waals surface area (Å²) in [5.41, 5.74) is 5.93. The number of pyridine rings is 1. The standard InChI is InChI=1S/C12H14N6O2/c13-11(19)12-16-15-8-18(12)9-1-2-10(14-7-9)17-3-5-20-6-4-17/h1-2,7-8H,3-6H2,(H2,13,19). The number of hydrogen-bond acceptors (Lipinski definition) is 6. The Hall–Kier alpha value is -2.48. The van der Waals surface area contributed by atoms with E-state index in [0.29, 0.717) is 18.9 Å². The lowest BCUT2D eigenvalue weighted by Crippen LogP contribution is -2.36. The Kier molecular flexibility index (Phi) is 3.30. The Labute approximate surface area is 115 Å². The molecule has 0 spiro atoms. The zero-order valence-corrected chi connectivity index (χ0v) is 10.8. The molecule has 0 saturated carbocycles. The number of carbonyl (C=O) groups excluding carboxylic acids is 1. The van der Waals surface area contributed by atoms with Gasteiger partial charge in [-0.3, -0.25) is 9.36 Å². The van der Waals surface area contributed by atoms with Crippen LogP contribution in [-0.4, -0.2) is 52.0 Å².